The molecule has 0 aliphatic carbocycles. The summed E-state index contributed by atoms with van der Waals surface area (Å²) >= 11 is 4.42. The molecule has 136 valence electrons. The Balaban J connectivity index is 0.000000348. The second-order valence-corrected chi connectivity index (χ2v) is 5.53. The van der Waals surface area contributed by atoms with Crippen LogP contribution in [-0.2, 0) is 9.59 Å². The van der Waals surface area contributed by atoms with E-state index in [4.69, 9.17) is 10.8 Å². The monoisotopic (exact) mass is 366 g/mol. The molecule has 1 aliphatic heterocycles. The summed E-state index contributed by atoms with van der Waals surface area (Å²) in [6, 6.07) is 8.41. The number of aliphatic carboxylic acids is 1. The van der Waals surface area contributed by atoms with Gasteiger partial charge in [0.15, 0.2) is 0 Å². The van der Waals surface area contributed by atoms with Crippen molar-refractivity contribution in [1.82, 2.24) is 10.6 Å². The second kappa shape index (κ2) is 12.8. The van der Waals surface area contributed by atoms with Gasteiger partial charge in [-0.2, -0.15) is 4.99 Å². The first kappa shape index (κ1) is 22.4. The number of carbonyl (C=O) groups excluding carboxylic acids is 2. The first-order valence-corrected chi connectivity index (χ1v) is 7.86. The van der Waals surface area contributed by atoms with Gasteiger partial charge >= 0.3 is 12.0 Å². The molecule has 1 heterocycles. The van der Waals surface area contributed by atoms with Crippen LogP contribution in [0.15, 0.2) is 35.3 Å². The number of nitrogens with two attached hydrogens (primary N) is 1. The predicted octanol–water partition coefficient (Wildman–Crippen LogP) is 1.69. The van der Waals surface area contributed by atoms with Gasteiger partial charge < -0.3 is 16.2 Å². The number of nitrogens with zero attached hydrogens (tertiary/aromatic N) is 1. The minimum absolute atomic E-state index is 0.124. The van der Waals surface area contributed by atoms with Gasteiger partial charge in [0.1, 0.15) is 6.04 Å². The molecule has 0 spiro atoms. The van der Waals surface area contributed by atoms with Gasteiger partial charge in [0, 0.05) is 0 Å². The van der Waals surface area contributed by atoms with Gasteiger partial charge in [-0.15, -0.1) is 0 Å². The summed E-state index contributed by atoms with van der Waals surface area (Å²) in [4.78, 5) is 34.0. The van der Waals surface area contributed by atoms with E-state index in [-0.39, 0.29) is 12.5 Å². The fourth-order valence-electron chi connectivity index (χ4n) is 1.54. The van der Waals surface area contributed by atoms with E-state index in [1.54, 1.807) is 0 Å². The van der Waals surface area contributed by atoms with E-state index >= 15 is 0 Å². The Labute approximate surface area is 151 Å². The minimum Gasteiger partial charge on any atom is -0.480 e. The summed E-state index contributed by atoms with van der Waals surface area (Å²) in [5.74, 6) is -0.815. The molecule has 1 fully saturated rings. The third kappa shape index (κ3) is 12.5. The van der Waals surface area contributed by atoms with Gasteiger partial charge in [-0.05, 0) is 36.7 Å². The van der Waals surface area contributed by atoms with Crippen molar-refractivity contribution in [3.63, 3.8) is 0 Å². The highest BCUT2D eigenvalue weighted by Crippen LogP contribution is 2.07. The van der Waals surface area contributed by atoms with Crippen LogP contribution in [0.4, 0.5) is 10.5 Å². The number of benzene rings is 1. The van der Waals surface area contributed by atoms with E-state index in [0.29, 0.717) is 12.3 Å². The van der Waals surface area contributed by atoms with Gasteiger partial charge in [0.2, 0.25) is 5.91 Å². The Hall–Kier alpha value is -2.61. The molecule has 1 aromatic rings. The standard InChI is InChI=1S/C7H5NS.C6H13NO2.C3H4N2O2/c9-6-8-7-4-2-1-3-5-7;1-4(2)3-5(7)6(8)9;6-2-1-4-3(7)5-2/h1-5H;4-5H,3,7H2,1-2H3,(H,8,9);1H2,(H2,4,5,6,7)/t;5-;/m.0./s1. The zero-order valence-corrected chi connectivity index (χ0v) is 14.9. The average Bonchev–Trinajstić information content (AvgIpc) is 2.92. The molecular formula is C16H22N4O4S. The van der Waals surface area contributed by atoms with Crippen LogP contribution in [-0.4, -0.2) is 40.8 Å². The molecule has 5 N–H and O–H groups in total. The molecule has 1 aromatic carbocycles. The maximum Gasteiger partial charge on any atom is 0.321 e. The molecule has 3 amide bonds. The summed E-state index contributed by atoms with van der Waals surface area (Å²) in [6.45, 7) is 4.02. The molecule has 9 heteroatoms. The van der Waals surface area contributed by atoms with Gasteiger partial charge in [0.05, 0.1) is 17.4 Å². The molecular weight excluding hydrogens is 344 g/mol. The quantitative estimate of drug-likeness (QED) is 0.364. The summed E-state index contributed by atoms with van der Waals surface area (Å²) in [6.07, 6.45) is 0.551. The number of nitrogens with one attached hydrogen (secondary N) is 2. The van der Waals surface area contributed by atoms with Crippen molar-refractivity contribution < 1.29 is 19.5 Å². The second-order valence-electron chi connectivity index (χ2n) is 5.34. The molecule has 2 rings (SSSR count). The van der Waals surface area contributed by atoms with Crippen molar-refractivity contribution in [2.24, 2.45) is 16.6 Å². The largest absolute Gasteiger partial charge is 0.480 e. The number of imide groups is 1. The Morgan fingerprint density at radius 2 is 1.96 bits per heavy atom. The highest BCUT2D eigenvalue weighted by Gasteiger charge is 2.14. The number of rotatable bonds is 4. The summed E-state index contributed by atoms with van der Waals surface area (Å²) in [5.41, 5.74) is 6.07. The lowest BCUT2D eigenvalue weighted by Crippen LogP contribution is -2.31. The van der Waals surface area contributed by atoms with Crippen LogP contribution in [0, 0.1) is 5.92 Å². The topological polar surface area (TPSA) is 134 Å². The Kier molecular flexibility index (Phi) is 11.4. The fourth-order valence-corrected chi connectivity index (χ4v) is 1.64. The van der Waals surface area contributed by atoms with Crippen molar-refractivity contribution in [1.29, 1.82) is 0 Å². The molecule has 8 nitrogen and oxygen atoms in total. The summed E-state index contributed by atoms with van der Waals surface area (Å²) in [5, 5.41) is 14.9. The van der Waals surface area contributed by atoms with E-state index in [1.165, 1.54) is 0 Å². The molecule has 0 bridgehead atoms. The van der Waals surface area contributed by atoms with Crippen molar-refractivity contribution in [3.05, 3.63) is 30.3 Å². The highest BCUT2D eigenvalue weighted by atomic mass is 32.1. The van der Waals surface area contributed by atoms with Crippen LogP contribution in [0.2, 0.25) is 0 Å². The normalized spacial score (nSPS) is 13.1. The lowest BCUT2D eigenvalue weighted by atomic mass is 10.1. The van der Waals surface area contributed by atoms with Gasteiger partial charge in [-0.3, -0.25) is 14.9 Å². The van der Waals surface area contributed by atoms with Crippen molar-refractivity contribution in [2.45, 2.75) is 26.3 Å². The number of urea groups is 1. The van der Waals surface area contributed by atoms with Gasteiger partial charge in [0.25, 0.3) is 0 Å². The zero-order valence-electron chi connectivity index (χ0n) is 14.1. The summed E-state index contributed by atoms with van der Waals surface area (Å²) in [7, 11) is 0. The SMILES string of the molecule is CC(C)C[C@H](N)C(=O)O.O=C1CNC(=O)N1.S=C=Nc1ccccc1. The van der Waals surface area contributed by atoms with Crippen molar-refractivity contribution >= 4 is 41.0 Å². The van der Waals surface area contributed by atoms with Crippen LogP contribution in [0.5, 0.6) is 0 Å². The van der Waals surface area contributed by atoms with E-state index in [1.807, 2.05) is 49.5 Å². The third-order valence-corrected chi connectivity index (χ3v) is 2.73. The molecule has 1 atom stereocenters. The van der Waals surface area contributed by atoms with Crippen LogP contribution in [0.1, 0.15) is 20.3 Å². The maximum atomic E-state index is 10.1. The number of hydrogen-bond donors (Lipinski definition) is 4. The minimum atomic E-state index is -0.913. The van der Waals surface area contributed by atoms with E-state index in [9.17, 15) is 14.4 Å². The van der Waals surface area contributed by atoms with Crippen molar-refractivity contribution in [2.75, 3.05) is 6.54 Å². The number of thiocarbonyl (C=S) groups is 1. The Morgan fingerprint density at radius 3 is 2.24 bits per heavy atom. The van der Waals surface area contributed by atoms with Crippen molar-refractivity contribution in [3.8, 4) is 0 Å². The van der Waals surface area contributed by atoms with Gasteiger partial charge in [-0.25, -0.2) is 4.79 Å². The number of carboxylic acid groups (broad SMARTS) is 1. The van der Waals surface area contributed by atoms with Crippen LogP contribution in [0.3, 0.4) is 0 Å². The molecule has 1 saturated heterocycles. The smallest absolute Gasteiger partial charge is 0.321 e. The number of isothiocyanates is 1. The molecule has 1 aliphatic rings. The number of carboxylic acids is 1. The number of para-hydroxylation sites is 1. The average molecular weight is 366 g/mol. The third-order valence-electron chi connectivity index (χ3n) is 2.64. The highest BCUT2D eigenvalue weighted by molar-refractivity contribution is 7.78. The van der Waals surface area contributed by atoms with Crippen LogP contribution < -0.4 is 16.4 Å². The number of hydrogen-bond acceptors (Lipinski definition) is 6. The lowest BCUT2D eigenvalue weighted by molar-refractivity contribution is -0.138. The van der Waals surface area contributed by atoms with E-state index in [0.717, 1.165) is 5.69 Å². The number of amides is 3. The molecule has 0 saturated carbocycles. The first-order chi connectivity index (χ1) is 11.8. The predicted molar refractivity (Wildman–Crippen MR) is 97.7 cm³/mol. The molecule has 0 aromatic heterocycles. The summed E-state index contributed by atoms with van der Waals surface area (Å²) < 4.78 is 0. The van der Waals surface area contributed by atoms with E-state index < -0.39 is 18.0 Å². The maximum absolute atomic E-state index is 10.1. The molecule has 0 unspecified atom stereocenters. The van der Waals surface area contributed by atoms with E-state index in [2.05, 4.69) is 27.7 Å². The molecule has 0 radical (unpaired) electrons. The number of carbonyl (C=O) groups is 3. The van der Waals surface area contributed by atoms with Gasteiger partial charge in [-0.1, -0.05) is 32.0 Å². The first-order valence-electron chi connectivity index (χ1n) is 7.45. The molecule has 25 heavy (non-hydrogen) atoms. The Bertz CT molecular complexity index is 602. The number of aliphatic imine (C=N–C) groups is 1. The fraction of sp³-hybridized carbons (Fsp3) is 0.375. The Morgan fingerprint density at radius 1 is 1.36 bits per heavy atom. The zero-order chi connectivity index (χ0) is 19.2. The lowest BCUT2D eigenvalue weighted by Gasteiger charge is -2.07. The van der Waals surface area contributed by atoms with Crippen LogP contribution >= 0.6 is 12.2 Å². The van der Waals surface area contributed by atoms with Crippen LogP contribution in [0.25, 0.3) is 0 Å².